The van der Waals surface area contributed by atoms with Crippen LogP contribution in [0.3, 0.4) is 0 Å². The molecule has 0 atom stereocenters. The Morgan fingerprint density at radius 2 is 2.10 bits per heavy atom. The van der Waals surface area contributed by atoms with E-state index < -0.39 is 17.7 Å². The van der Waals surface area contributed by atoms with Crippen molar-refractivity contribution in [1.29, 1.82) is 0 Å². The summed E-state index contributed by atoms with van der Waals surface area (Å²) < 4.78 is 39.4. The fourth-order valence-corrected chi connectivity index (χ4v) is 2.12. The molecule has 3 nitrogen and oxygen atoms in total. The van der Waals surface area contributed by atoms with Crippen LogP contribution in [-0.4, -0.2) is 23.7 Å². The van der Waals surface area contributed by atoms with Crippen molar-refractivity contribution in [2.24, 2.45) is 0 Å². The van der Waals surface area contributed by atoms with Crippen LogP contribution in [0.5, 0.6) is 0 Å². The molecular formula is C14H14F3NO2. The third-order valence-electron chi connectivity index (χ3n) is 3.17. The summed E-state index contributed by atoms with van der Waals surface area (Å²) in [5.41, 5.74) is -1.26. The normalized spacial score (nSPS) is 14.9. The largest absolute Gasteiger partial charge is 0.478 e. The van der Waals surface area contributed by atoms with Gasteiger partial charge in [-0.2, -0.15) is 13.2 Å². The molecule has 0 spiro atoms. The third kappa shape index (κ3) is 2.95. The first-order valence-electron chi connectivity index (χ1n) is 6.16. The van der Waals surface area contributed by atoms with Crippen LogP contribution in [0.2, 0.25) is 0 Å². The molecular weight excluding hydrogens is 271 g/mol. The molecule has 0 aliphatic heterocycles. The summed E-state index contributed by atoms with van der Waals surface area (Å²) in [4.78, 5) is 12.5. The Kier molecular flexibility index (Phi) is 3.74. The molecule has 0 saturated heterocycles. The van der Waals surface area contributed by atoms with E-state index in [1.165, 1.54) is 12.1 Å². The van der Waals surface area contributed by atoms with Crippen LogP contribution in [0, 0.1) is 0 Å². The molecule has 0 heterocycles. The topological polar surface area (TPSA) is 40.5 Å². The van der Waals surface area contributed by atoms with E-state index in [2.05, 4.69) is 6.58 Å². The Balaban J connectivity index is 2.50. The number of hydrogen-bond acceptors (Lipinski definition) is 2. The smallest absolute Gasteiger partial charge is 0.418 e. The van der Waals surface area contributed by atoms with Crippen molar-refractivity contribution in [2.45, 2.75) is 25.1 Å². The van der Waals surface area contributed by atoms with Gasteiger partial charge in [0.15, 0.2) is 0 Å². The minimum Gasteiger partial charge on any atom is -0.478 e. The summed E-state index contributed by atoms with van der Waals surface area (Å²) in [7, 11) is 0. The number of benzene rings is 1. The molecule has 20 heavy (non-hydrogen) atoms. The van der Waals surface area contributed by atoms with Crippen LogP contribution in [0.1, 0.15) is 28.8 Å². The van der Waals surface area contributed by atoms with E-state index in [0.717, 1.165) is 12.8 Å². The molecule has 0 bridgehead atoms. The lowest BCUT2D eigenvalue weighted by Crippen LogP contribution is -2.28. The molecule has 0 unspecified atom stereocenters. The SMILES string of the molecule is C=CCN(c1ccc(C(=O)O)cc1C(F)(F)F)C1CC1. The van der Waals surface area contributed by atoms with E-state index in [1.54, 1.807) is 11.0 Å². The number of alkyl halides is 3. The summed E-state index contributed by atoms with van der Waals surface area (Å²) in [6, 6.07) is 3.19. The monoisotopic (exact) mass is 285 g/mol. The average molecular weight is 285 g/mol. The van der Waals surface area contributed by atoms with Gasteiger partial charge in [-0.1, -0.05) is 6.08 Å². The first-order valence-corrected chi connectivity index (χ1v) is 6.16. The van der Waals surface area contributed by atoms with Crippen LogP contribution in [0.25, 0.3) is 0 Å². The number of hydrogen-bond donors (Lipinski definition) is 1. The molecule has 108 valence electrons. The molecule has 1 aliphatic carbocycles. The van der Waals surface area contributed by atoms with E-state index in [-0.39, 0.29) is 17.3 Å². The second kappa shape index (κ2) is 5.19. The Morgan fingerprint density at radius 3 is 2.55 bits per heavy atom. The summed E-state index contributed by atoms with van der Waals surface area (Å²) in [6.45, 7) is 3.86. The Bertz CT molecular complexity index is 536. The van der Waals surface area contributed by atoms with Gasteiger partial charge in [0.05, 0.1) is 11.1 Å². The standard InChI is InChI=1S/C14H14F3NO2/c1-2-7-18(10-4-5-10)12-6-3-9(13(19)20)8-11(12)14(15,16)17/h2-3,6,8,10H,1,4-5,7H2,(H,19,20). The number of carboxylic acids is 1. The molecule has 1 saturated carbocycles. The van der Waals surface area contributed by atoms with Crippen LogP contribution >= 0.6 is 0 Å². The highest BCUT2D eigenvalue weighted by atomic mass is 19.4. The highest BCUT2D eigenvalue weighted by molar-refractivity contribution is 5.88. The number of anilines is 1. The van der Waals surface area contributed by atoms with E-state index in [0.29, 0.717) is 12.6 Å². The predicted octanol–water partition coefficient (Wildman–Crippen LogP) is 3.56. The van der Waals surface area contributed by atoms with Gasteiger partial charge < -0.3 is 10.0 Å². The molecule has 6 heteroatoms. The van der Waals surface area contributed by atoms with Crippen molar-refractivity contribution >= 4 is 11.7 Å². The van der Waals surface area contributed by atoms with Crippen molar-refractivity contribution in [2.75, 3.05) is 11.4 Å². The van der Waals surface area contributed by atoms with Crippen molar-refractivity contribution in [3.63, 3.8) is 0 Å². The maximum Gasteiger partial charge on any atom is 0.418 e. The maximum absolute atomic E-state index is 13.1. The molecule has 1 N–H and O–H groups in total. The van der Waals surface area contributed by atoms with Crippen molar-refractivity contribution in [3.05, 3.63) is 42.0 Å². The zero-order valence-electron chi connectivity index (χ0n) is 10.7. The van der Waals surface area contributed by atoms with Gasteiger partial charge in [-0.3, -0.25) is 0 Å². The predicted molar refractivity (Wildman–Crippen MR) is 69.0 cm³/mol. The number of carboxylic acid groups (broad SMARTS) is 1. The van der Waals surface area contributed by atoms with Crippen molar-refractivity contribution in [3.8, 4) is 0 Å². The van der Waals surface area contributed by atoms with Gasteiger partial charge in [-0.05, 0) is 31.0 Å². The molecule has 0 radical (unpaired) electrons. The number of halogens is 3. The Labute approximate surface area is 114 Å². The van der Waals surface area contributed by atoms with Gasteiger partial charge in [0.25, 0.3) is 0 Å². The van der Waals surface area contributed by atoms with Crippen LogP contribution < -0.4 is 4.90 Å². The van der Waals surface area contributed by atoms with Gasteiger partial charge in [-0.25, -0.2) is 4.79 Å². The van der Waals surface area contributed by atoms with Gasteiger partial charge >= 0.3 is 12.1 Å². The highest BCUT2D eigenvalue weighted by Gasteiger charge is 2.38. The fraction of sp³-hybridized carbons (Fsp3) is 0.357. The Hall–Kier alpha value is -1.98. The van der Waals surface area contributed by atoms with E-state index in [4.69, 9.17) is 5.11 Å². The average Bonchev–Trinajstić information content (AvgIpc) is 3.18. The van der Waals surface area contributed by atoms with Crippen LogP contribution in [0.4, 0.5) is 18.9 Å². The zero-order valence-corrected chi connectivity index (χ0v) is 10.7. The number of rotatable bonds is 5. The quantitative estimate of drug-likeness (QED) is 0.841. The zero-order chi connectivity index (χ0) is 14.9. The molecule has 1 aromatic carbocycles. The molecule has 2 rings (SSSR count). The third-order valence-corrected chi connectivity index (χ3v) is 3.17. The first-order chi connectivity index (χ1) is 9.34. The van der Waals surface area contributed by atoms with Gasteiger partial charge in [0.1, 0.15) is 0 Å². The lowest BCUT2D eigenvalue weighted by Gasteiger charge is -2.26. The van der Waals surface area contributed by atoms with Crippen molar-refractivity contribution in [1.82, 2.24) is 0 Å². The van der Waals surface area contributed by atoms with Gasteiger partial charge in [-0.15, -0.1) is 6.58 Å². The molecule has 0 amide bonds. The summed E-state index contributed by atoms with van der Waals surface area (Å²) in [5, 5.41) is 8.83. The van der Waals surface area contributed by atoms with E-state index >= 15 is 0 Å². The second-order valence-electron chi connectivity index (χ2n) is 4.71. The van der Waals surface area contributed by atoms with Crippen LogP contribution in [-0.2, 0) is 6.18 Å². The first kappa shape index (κ1) is 14.4. The highest BCUT2D eigenvalue weighted by Crippen LogP contribution is 2.41. The Morgan fingerprint density at radius 1 is 1.45 bits per heavy atom. The maximum atomic E-state index is 13.1. The van der Waals surface area contributed by atoms with E-state index in [1.807, 2.05) is 0 Å². The van der Waals surface area contributed by atoms with E-state index in [9.17, 15) is 18.0 Å². The summed E-state index contributed by atoms with van der Waals surface area (Å²) in [6.07, 6.45) is -1.36. The van der Waals surface area contributed by atoms with Crippen LogP contribution in [0.15, 0.2) is 30.9 Å². The summed E-state index contributed by atoms with van der Waals surface area (Å²) >= 11 is 0. The molecule has 1 fully saturated rings. The van der Waals surface area contributed by atoms with Crippen molar-refractivity contribution < 1.29 is 23.1 Å². The number of carbonyl (C=O) groups is 1. The molecule has 1 aromatic rings. The lowest BCUT2D eigenvalue weighted by atomic mass is 10.1. The number of nitrogens with zero attached hydrogens (tertiary/aromatic N) is 1. The lowest BCUT2D eigenvalue weighted by molar-refractivity contribution is -0.137. The van der Waals surface area contributed by atoms with Gasteiger partial charge in [0, 0.05) is 18.3 Å². The second-order valence-corrected chi connectivity index (χ2v) is 4.71. The minimum atomic E-state index is -4.59. The fourth-order valence-electron chi connectivity index (χ4n) is 2.12. The number of aromatic carboxylic acids is 1. The molecule has 0 aromatic heterocycles. The van der Waals surface area contributed by atoms with Gasteiger partial charge in [0.2, 0.25) is 0 Å². The minimum absolute atomic E-state index is 0.0184. The molecule has 1 aliphatic rings. The summed E-state index contributed by atoms with van der Waals surface area (Å²) in [5.74, 6) is -1.37.